The second kappa shape index (κ2) is 6.20. The second-order valence-electron chi connectivity index (χ2n) is 3.98. The molecule has 0 saturated heterocycles. The lowest BCUT2D eigenvalue weighted by Crippen LogP contribution is -2.37. The molecule has 0 aliphatic heterocycles. The van der Waals surface area contributed by atoms with Crippen molar-refractivity contribution >= 4 is 11.6 Å². The normalized spacial score (nSPS) is 10.1. The Hall–Kier alpha value is -1.62. The molecule has 5 heteroatoms. The van der Waals surface area contributed by atoms with Crippen molar-refractivity contribution in [2.75, 3.05) is 32.1 Å². The molecule has 94 valence electrons. The first-order chi connectivity index (χ1) is 8.10. The van der Waals surface area contributed by atoms with Gasteiger partial charge in [-0.2, -0.15) is 0 Å². The molecule has 0 aromatic carbocycles. The highest BCUT2D eigenvalue weighted by Gasteiger charge is 2.14. The molecule has 0 atom stereocenters. The smallest absolute Gasteiger partial charge is 0.241 e. The molecule has 1 aromatic rings. The summed E-state index contributed by atoms with van der Waals surface area (Å²) < 4.78 is 0. The van der Waals surface area contributed by atoms with Gasteiger partial charge in [0.1, 0.15) is 0 Å². The van der Waals surface area contributed by atoms with Crippen LogP contribution < -0.4 is 10.6 Å². The topological polar surface area (TPSA) is 62.5 Å². The molecule has 17 heavy (non-hydrogen) atoms. The zero-order valence-electron chi connectivity index (χ0n) is 10.7. The van der Waals surface area contributed by atoms with Gasteiger partial charge in [-0.05, 0) is 19.1 Å². The third kappa shape index (κ3) is 3.42. The van der Waals surface area contributed by atoms with Crippen LogP contribution in [0.1, 0.15) is 12.6 Å². The molecule has 5 nitrogen and oxygen atoms in total. The summed E-state index contributed by atoms with van der Waals surface area (Å²) in [4.78, 5) is 19.5. The van der Waals surface area contributed by atoms with Crippen LogP contribution in [-0.2, 0) is 11.3 Å². The van der Waals surface area contributed by atoms with Crippen LogP contribution in [0, 0.1) is 0 Å². The number of likely N-dealkylation sites (N-methyl/N-ethyl adjacent to an activating group) is 2. The number of nitrogens with zero attached hydrogens (tertiary/aromatic N) is 3. The number of aromatic nitrogens is 1. The van der Waals surface area contributed by atoms with E-state index < -0.39 is 0 Å². The molecule has 0 fully saturated rings. The van der Waals surface area contributed by atoms with Gasteiger partial charge in [0.05, 0.1) is 17.9 Å². The lowest BCUT2D eigenvalue weighted by molar-refractivity contribution is -0.127. The number of nitrogens with two attached hydrogens (primary N) is 1. The summed E-state index contributed by atoms with van der Waals surface area (Å²) in [6, 6.07) is 3.80. The summed E-state index contributed by atoms with van der Waals surface area (Å²) in [6.45, 7) is 3.49. The van der Waals surface area contributed by atoms with Crippen LogP contribution in [0.4, 0.5) is 5.69 Å². The molecule has 0 unspecified atom stereocenters. The van der Waals surface area contributed by atoms with Gasteiger partial charge < -0.3 is 15.5 Å². The van der Waals surface area contributed by atoms with Crippen LogP contribution >= 0.6 is 0 Å². The van der Waals surface area contributed by atoms with Crippen molar-refractivity contribution < 1.29 is 4.79 Å². The summed E-state index contributed by atoms with van der Waals surface area (Å²) >= 11 is 0. The largest absolute Gasteiger partial charge is 0.361 e. The maximum Gasteiger partial charge on any atom is 0.241 e. The molecule has 0 aliphatic rings. The van der Waals surface area contributed by atoms with E-state index in [1.807, 2.05) is 24.0 Å². The van der Waals surface area contributed by atoms with E-state index in [-0.39, 0.29) is 5.91 Å². The molecule has 1 rings (SSSR count). The van der Waals surface area contributed by atoms with Crippen LogP contribution in [0.3, 0.4) is 0 Å². The zero-order chi connectivity index (χ0) is 12.8. The van der Waals surface area contributed by atoms with Gasteiger partial charge in [0.25, 0.3) is 0 Å². The predicted octanol–water partition coefficient (Wildman–Crippen LogP) is 0.455. The second-order valence-corrected chi connectivity index (χ2v) is 3.98. The molecule has 0 aliphatic carbocycles. The molecule has 2 N–H and O–H groups in total. The van der Waals surface area contributed by atoms with Gasteiger partial charge in [-0.1, -0.05) is 0 Å². The summed E-state index contributed by atoms with van der Waals surface area (Å²) in [6.07, 6.45) is 1.72. The van der Waals surface area contributed by atoms with E-state index in [0.717, 1.165) is 17.9 Å². The third-order valence-corrected chi connectivity index (χ3v) is 2.61. The molecule has 0 radical (unpaired) electrons. The van der Waals surface area contributed by atoms with Crippen molar-refractivity contribution in [3.05, 3.63) is 24.0 Å². The standard InChI is InChI=1S/C12H20N4O/c1-4-16(9-12(17)15(2)3)11-6-5-7-14-10(11)8-13/h5-7H,4,8-9,13H2,1-3H3. The summed E-state index contributed by atoms with van der Waals surface area (Å²) in [5.74, 6) is 0.0682. The average molecular weight is 236 g/mol. The summed E-state index contributed by atoms with van der Waals surface area (Å²) in [5, 5.41) is 0. The zero-order valence-corrected chi connectivity index (χ0v) is 10.7. The third-order valence-electron chi connectivity index (χ3n) is 2.61. The first-order valence-electron chi connectivity index (χ1n) is 5.69. The van der Waals surface area contributed by atoms with Crippen LogP contribution in [0.15, 0.2) is 18.3 Å². The molecular formula is C12H20N4O. The van der Waals surface area contributed by atoms with Crippen LogP contribution in [0.25, 0.3) is 0 Å². The molecule has 0 spiro atoms. The fourth-order valence-electron chi connectivity index (χ4n) is 1.55. The van der Waals surface area contributed by atoms with Crippen molar-refractivity contribution in [2.45, 2.75) is 13.5 Å². The van der Waals surface area contributed by atoms with E-state index in [2.05, 4.69) is 4.98 Å². The fraction of sp³-hybridized carbons (Fsp3) is 0.500. The van der Waals surface area contributed by atoms with E-state index in [4.69, 9.17) is 5.73 Å². The Labute approximate surface area is 102 Å². The SMILES string of the molecule is CCN(CC(=O)N(C)C)c1cccnc1CN. The lowest BCUT2D eigenvalue weighted by atomic mass is 10.2. The Morgan fingerprint density at radius 3 is 2.71 bits per heavy atom. The van der Waals surface area contributed by atoms with Gasteiger partial charge >= 0.3 is 0 Å². The Morgan fingerprint density at radius 2 is 2.18 bits per heavy atom. The minimum atomic E-state index is 0.0682. The van der Waals surface area contributed by atoms with Crippen LogP contribution in [-0.4, -0.2) is 43.0 Å². The number of rotatable bonds is 5. The van der Waals surface area contributed by atoms with Crippen molar-refractivity contribution in [1.82, 2.24) is 9.88 Å². The van der Waals surface area contributed by atoms with Gasteiger partial charge in [-0.25, -0.2) is 0 Å². The van der Waals surface area contributed by atoms with Crippen LogP contribution in [0.5, 0.6) is 0 Å². The Bertz CT molecular complexity index is 379. The first kappa shape index (κ1) is 13.4. The van der Waals surface area contributed by atoms with Crippen molar-refractivity contribution in [2.24, 2.45) is 5.73 Å². The van der Waals surface area contributed by atoms with Gasteiger partial charge in [0, 0.05) is 33.4 Å². The molecular weight excluding hydrogens is 216 g/mol. The monoisotopic (exact) mass is 236 g/mol. The molecule has 0 bridgehead atoms. The van der Waals surface area contributed by atoms with Gasteiger partial charge in [-0.3, -0.25) is 9.78 Å². The van der Waals surface area contributed by atoms with E-state index in [0.29, 0.717) is 13.1 Å². The number of carbonyl (C=O) groups is 1. The number of anilines is 1. The Kier molecular flexibility index (Phi) is 4.90. The molecule has 1 heterocycles. The maximum absolute atomic E-state index is 11.7. The number of hydrogen-bond acceptors (Lipinski definition) is 4. The van der Waals surface area contributed by atoms with E-state index in [9.17, 15) is 4.79 Å². The minimum absolute atomic E-state index is 0.0682. The average Bonchev–Trinajstić information content (AvgIpc) is 2.35. The van der Waals surface area contributed by atoms with Gasteiger partial charge in [-0.15, -0.1) is 0 Å². The lowest BCUT2D eigenvalue weighted by Gasteiger charge is -2.25. The number of amides is 1. The first-order valence-corrected chi connectivity index (χ1v) is 5.69. The predicted molar refractivity (Wildman–Crippen MR) is 68.7 cm³/mol. The van der Waals surface area contributed by atoms with E-state index >= 15 is 0 Å². The highest BCUT2D eigenvalue weighted by Crippen LogP contribution is 2.17. The summed E-state index contributed by atoms with van der Waals surface area (Å²) in [5.41, 5.74) is 7.41. The van der Waals surface area contributed by atoms with Gasteiger partial charge in [0.2, 0.25) is 5.91 Å². The molecule has 1 amide bonds. The minimum Gasteiger partial charge on any atom is -0.361 e. The highest BCUT2D eigenvalue weighted by atomic mass is 16.2. The van der Waals surface area contributed by atoms with E-state index in [1.165, 1.54) is 0 Å². The molecule has 1 aromatic heterocycles. The fourth-order valence-corrected chi connectivity index (χ4v) is 1.55. The molecule has 0 saturated carbocycles. The summed E-state index contributed by atoms with van der Waals surface area (Å²) in [7, 11) is 3.51. The Morgan fingerprint density at radius 1 is 1.47 bits per heavy atom. The number of carbonyl (C=O) groups excluding carboxylic acids is 1. The number of hydrogen-bond donors (Lipinski definition) is 1. The van der Waals surface area contributed by atoms with Gasteiger partial charge in [0.15, 0.2) is 0 Å². The highest BCUT2D eigenvalue weighted by molar-refractivity contribution is 5.81. The van der Waals surface area contributed by atoms with Crippen molar-refractivity contribution in [3.63, 3.8) is 0 Å². The quantitative estimate of drug-likeness (QED) is 0.806. The maximum atomic E-state index is 11.7. The number of pyridine rings is 1. The van der Waals surface area contributed by atoms with Crippen LogP contribution in [0.2, 0.25) is 0 Å². The van der Waals surface area contributed by atoms with Crippen molar-refractivity contribution in [1.29, 1.82) is 0 Å². The van der Waals surface area contributed by atoms with Crippen molar-refractivity contribution in [3.8, 4) is 0 Å². The Balaban J connectivity index is 2.89. The van der Waals surface area contributed by atoms with E-state index in [1.54, 1.807) is 25.2 Å².